The van der Waals surface area contributed by atoms with Gasteiger partial charge in [-0.3, -0.25) is 15.6 Å². The van der Waals surface area contributed by atoms with E-state index in [1.807, 2.05) is 38.1 Å². The van der Waals surface area contributed by atoms with Crippen LogP contribution in [0.1, 0.15) is 19.5 Å². The highest BCUT2D eigenvalue weighted by atomic mass is 16.1. The summed E-state index contributed by atoms with van der Waals surface area (Å²) in [6.45, 7) is 3.82. The standard InChI is InChI=1S/C20H22N6O/c1-13(2)26(12-21)19(22)16-8-5-9-17(24-16)23-15-7-4-6-14-10-11-25(3)20(27)18(14)15/h4-13,21-22H,1-3H3,(H,23,24). The van der Waals surface area contributed by atoms with Gasteiger partial charge in [0.15, 0.2) is 5.84 Å². The number of hydrogen-bond acceptors (Lipinski definition) is 5. The fourth-order valence-electron chi connectivity index (χ4n) is 2.87. The van der Waals surface area contributed by atoms with Crippen LogP contribution in [0, 0.1) is 10.8 Å². The summed E-state index contributed by atoms with van der Waals surface area (Å²) in [4.78, 5) is 18.6. The number of benzene rings is 1. The van der Waals surface area contributed by atoms with Crippen LogP contribution in [0.5, 0.6) is 0 Å². The highest BCUT2D eigenvalue weighted by Gasteiger charge is 2.15. The fourth-order valence-corrected chi connectivity index (χ4v) is 2.87. The van der Waals surface area contributed by atoms with Crippen molar-refractivity contribution in [1.29, 1.82) is 10.8 Å². The molecule has 3 N–H and O–H groups in total. The zero-order valence-electron chi connectivity index (χ0n) is 15.5. The number of nitrogens with zero attached hydrogens (tertiary/aromatic N) is 3. The maximum atomic E-state index is 12.6. The Hall–Kier alpha value is -3.48. The molecule has 138 valence electrons. The van der Waals surface area contributed by atoms with E-state index in [2.05, 4.69) is 10.3 Å². The molecule has 0 amide bonds. The van der Waals surface area contributed by atoms with Crippen LogP contribution >= 0.6 is 0 Å². The average Bonchev–Trinajstić information content (AvgIpc) is 2.65. The van der Waals surface area contributed by atoms with Gasteiger partial charge >= 0.3 is 0 Å². The van der Waals surface area contributed by atoms with E-state index in [4.69, 9.17) is 10.8 Å². The number of fused-ring (bicyclic) bond motifs is 1. The van der Waals surface area contributed by atoms with Crippen LogP contribution in [0.4, 0.5) is 11.5 Å². The largest absolute Gasteiger partial charge is 0.340 e. The van der Waals surface area contributed by atoms with E-state index >= 15 is 0 Å². The summed E-state index contributed by atoms with van der Waals surface area (Å²) >= 11 is 0. The molecule has 7 nitrogen and oxygen atoms in total. The van der Waals surface area contributed by atoms with Crippen LogP contribution in [0.15, 0.2) is 53.5 Å². The summed E-state index contributed by atoms with van der Waals surface area (Å²) in [7, 11) is 1.72. The number of rotatable bonds is 5. The van der Waals surface area contributed by atoms with Gasteiger partial charge in [-0.25, -0.2) is 4.98 Å². The zero-order chi connectivity index (χ0) is 19.6. The first-order valence-electron chi connectivity index (χ1n) is 8.62. The van der Waals surface area contributed by atoms with Crippen LogP contribution in [0.2, 0.25) is 0 Å². The molecule has 0 fully saturated rings. The summed E-state index contributed by atoms with van der Waals surface area (Å²) in [6.07, 6.45) is 2.87. The van der Waals surface area contributed by atoms with E-state index in [0.717, 1.165) is 11.7 Å². The monoisotopic (exact) mass is 362 g/mol. The van der Waals surface area contributed by atoms with E-state index in [0.29, 0.717) is 22.6 Å². The summed E-state index contributed by atoms with van der Waals surface area (Å²) in [5.74, 6) is 0.682. The first-order chi connectivity index (χ1) is 12.9. The molecule has 3 aromatic rings. The Morgan fingerprint density at radius 1 is 1.22 bits per heavy atom. The van der Waals surface area contributed by atoms with Crippen molar-refractivity contribution >= 4 is 34.5 Å². The summed E-state index contributed by atoms with van der Waals surface area (Å²) in [6, 6.07) is 12.8. The number of pyridine rings is 2. The third-order valence-electron chi connectivity index (χ3n) is 4.32. The van der Waals surface area contributed by atoms with Gasteiger partial charge in [0.2, 0.25) is 0 Å². The number of anilines is 2. The summed E-state index contributed by atoms with van der Waals surface area (Å²) in [5.41, 5.74) is 1.03. The van der Waals surface area contributed by atoms with Crippen molar-refractivity contribution in [2.75, 3.05) is 5.32 Å². The lowest BCUT2D eigenvalue weighted by atomic mass is 10.1. The van der Waals surface area contributed by atoms with Gasteiger partial charge in [-0.05, 0) is 43.5 Å². The van der Waals surface area contributed by atoms with Gasteiger partial charge in [0.25, 0.3) is 5.56 Å². The molecule has 3 rings (SSSR count). The second-order valence-electron chi connectivity index (χ2n) is 6.51. The predicted octanol–water partition coefficient (Wildman–Crippen LogP) is 3.32. The molecule has 0 aliphatic rings. The van der Waals surface area contributed by atoms with Gasteiger partial charge in [-0.2, -0.15) is 0 Å². The Morgan fingerprint density at radius 3 is 2.67 bits per heavy atom. The van der Waals surface area contributed by atoms with Crippen molar-refractivity contribution in [3.8, 4) is 0 Å². The smallest absolute Gasteiger partial charge is 0.260 e. The number of nitrogens with one attached hydrogen (secondary N) is 3. The lowest BCUT2D eigenvalue weighted by Crippen LogP contribution is -2.36. The highest BCUT2D eigenvalue weighted by molar-refractivity contribution is 6.01. The quantitative estimate of drug-likeness (QED) is 0.479. The van der Waals surface area contributed by atoms with Gasteiger partial charge < -0.3 is 14.8 Å². The minimum Gasteiger partial charge on any atom is -0.340 e. The maximum absolute atomic E-state index is 12.6. The molecule has 7 heteroatoms. The van der Waals surface area contributed by atoms with Crippen molar-refractivity contribution in [3.63, 3.8) is 0 Å². The Labute approximate surface area is 157 Å². The topological polar surface area (TPSA) is 97.9 Å². The number of amidine groups is 1. The molecule has 27 heavy (non-hydrogen) atoms. The van der Waals surface area contributed by atoms with Crippen LogP contribution in [-0.4, -0.2) is 32.7 Å². The molecular weight excluding hydrogens is 340 g/mol. The van der Waals surface area contributed by atoms with Gasteiger partial charge in [0.1, 0.15) is 11.5 Å². The Morgan fingerprint density at radius 2 is 1.96 bits per heavy atom. The third kappa shape index (κ3) is 3.57. The predicted molar refractivity (Wildman–Crippen MR) is 109 cm³/mol. The van der Waals surface area contributed by atoms with E-state index in [-0.39, 0.29) is 17.4 Å². The van der Waals surface area contributed by atoms with Crippen molar-refractivity contribution in [3.05, 3.63) is 64.7 Å². The third-order valence-corrected chi connectivity index (χ3v) is 4.32. The second-order valence-corrected chi connectivity index (χ2v) is 6.51. The Bertz CT molecular complexity index is 1070. The molecule has 0 radical (unpaired) electrons. The Balaban J connectivity index is 2.00. The SMILES string of the molecule is CC(C)N(C=N)C(=N)c1cccc(Nc2cccc3ccn(C)c(=O)c23)n1. The fraction of sp³-hybridized carbons (Fsp3) is 0.200. The molecule has 0 unspecified atom stereocenters. The summed E-state index contributed by atoms with van der Waals surface area (Å²) < 4.78 is 1.54. The first kappa shape index (κ1) is 18.3. The molecule has 2 aromatic heterocycles. The van der Waals surface area contributed by atoms with E-state index in [1.165, 1.54) is 9.47 Å². The van der Waals surface area contributed by atoms with Crippen molar-refractivity contribution in [1.82, 2.24) is 14.5 Å². The van der Waals surface area contributed by atoms with Gasteiger partial charge in [-0.15, -0.1) is 0 Å². The van der Waals surface area contributed by atoms with Crippen LogP contribution in [0.25, 0.3) is 10.8 Å². The lowest BCUT2D eigenvalue weighted by Gasteiger charge is -2.23. The molecule has 0 aliphatic heterocycles. The van der Waals surface area contributed by atoms with Crippen LogP contribution in [0.3, 0.4) is 0 Å². The van der Waals surface area contributed by atoms with Crippen LogP contribution in [-0.2, 0) is 7.05 Å². The van der Waals surface area contributed by atoms with Gasteiger partial charge in [0, 0.05) is 19.3 Å². The van der Waals surface area contributed by atoms with Crippen molar-refractivity contribution in [2.45, 2.75) is 19.9 Å². The normalized spacial score (nSPS) is 10.8. The zero-order valence-corrected chi connectivity index (χ0v) is 15.5. The molecule has 2 heterocycles. The van der Waals surface area contributed by atoms with E-state index < -0.39 is 0 Å². The van der Waals surface area contributed by atoms with E-state index in [9.17, 15) is 4.79 Å². The number of aryl methyl sites for hydroxylation is 1. The van der Waals surface area contributed by atoms with Gasteiger partial charge in [-0.1, -0.05) is 18.2 Å². The van der Waals surface area contributed by atoms with E-state index in [1.54, 1.807) is 31.4 Å². The minimum absolute atomic E-state index is 0.0190. The molecule has 0 aliphatic carbocycles. The highest BCUT2D eigenvalue weighted by Crippen LogP contribution is 2.23. The maximum Gasteiger partial charge on any atom is 0.260 e. The minimum atomic E-state index is -0.0886. The summed E-state index contributed by atoms with van der Waals surface area (Å²) in [5, 5.41) is 20.5. The lowest BCUT2D eigenvalue weighted by molar-refractivity contribution is 0.507. The molecule has 0 spiro atoms. The molecule has 1 aromatic carbocycles. The molecular formula is C20H22N6O. The van der Waals surface area contributed by atoms with Crippen molar-refractivity contribution < 1.29 is 0 Å². The number of aromatic nitrogens is 2. The Kier molecular flexibility index (Phi) is 5.03. The molecule has 0 saturated carbocycles. The van der Waals surface area contributed by atoms with Gasteiger partial charge in [0.05, 0.1) is 17.4 Å². The van der Waals surface area contributed by atoms with Crippen molar-refractivity contribution in [2.24, 2.45) is 7.05 Å². The first-order valence-corrected chi connectivity index (χ1v) is 8.62. The second kappa shape index (κ2) is 7.41. The average molecular weight is 362 g/mol. The molecule has 0 bridgehead atoms. The van der Waals surface area contributed by atoms with Crippen LogP contribution < -0.4 is 10.9 Å². The molecule has 0 atom stereocenters. The number of hydrogen-bond donors (Lipinski definition) is 3. The molecule has 0 saturated heterocycles.